The van der Waals surface area contributed by atoms with Crippen LogP contribution in [0, 0.1) is 0 Å². The molecule has 0 amide bonds. The van der Waals surface area contributed by atoms with Crippen molar-refractivity contribution in [2.45, 2.75) is 0 Å². The molecule has 3 rings (SSSR count). The van der Waals surface area contributed by atoms with Crippen LogP contribution in [-0.2, 0) is 0 Å². The molecule has 0 atom stereocenters. The summed E-state index contributed by atoms with van der Waals surface area (Å²) in [6.07, 6.45) is 0. The van der Waals surface area contributed by atoms with Crippen molar-refractivity contribution in [1.29, 1.82) is 0 Å². The number of halogens is 1. The lowest BCUT2D eigenvalue weighted by Gasteiger charge is -2.06. The number of rotatable bonds is 3. The molecule has 5 heteroatoms. The third kappa shape index (κ3) is 2.38. The zero-order valence-corrected chi connectivity index (χ0v) is 11.6. The smallest absolute Gasteiger partial charge is 0.243 e. The summed E-state index contributed by atoms with van der Waals surface area (Å²) in [6.45, 7) is 0. The minimum absolute atomic E-state index is 0.222. The highest BCUT2D eigenvalue weighted by molar-refractivity contribution is 6.28. The van der Waals surface area contributed by atoms with Crippen LogP contribution in [0.15, 0.2) is 54.6 Å². The number of benzene rings is 2. The number of hydrogen-bond donors (Lipinski definition) is 0. The molecule has 0 aliphatic rings. The molecule has 0 saturated heterocycles. The fourth-order valence-corrected chi connectivity index (χ4v) is 2.12. The molecular weight excluding hydrogens is 274 g/mol. The molecular formula is C15H12ClN3O. The first-order valence-electron chi connectivity index (χ1n) is 6.10. The van der Waals surface area contributed by atoms with Gasteiger partial charge in [0.2, 0.25) is 5.28 Å². The van der Waals surface area contributed by atoms with Crippen LogP contribution in [0.2, 0.25) is 5.28 Å². The summed E-state index contributed by atoms with van der Waals surface area (Å²) in [5, 5.41) is 4.46. The maximum Gasteiger partial charge on any atom is 0.243 e. The summed E-state index contributed by atoms with van der Waals surface area (Å²) < 4.78 is 6.88. The predicted molar refractivity (Wildman–Crippen MR) is 78.4 cm³/mol. The van der Waals surface area contributed by atoms with E-state index in [0.29, 0.717) is 5.82 Å². The van der Waals surface area contributed by atoms with Crippen molar-refractivity contribution in [3.8, 4) is 22.8 Å². The molecule has 1 aromatic heterocycles. The van der Waals surface area contributed by atoms with E-state index >= 15 is 0 Å². The van der Waals surface area contributed by atoms with Gasteiger partial charge >= 0.3 is 0 Å². The van der Waals surface area contributed by atoms with Crippen molar-refractivity contribution in [3.63, 3.8) is 0 Å². The topological polar surface area (TPSA) is 39.9 Å². The highest BCUT2D eigenvalue weighted by atomic mass is 35.5. The van der Waals surface area contributed by atoms with E-state index < -0.39 is 0 Å². The minimum Gasteiger partial charge on any atom is -0.497 e. The average molecular weight is 286 g/mol. The van der Waals surface area contributed by atoms with E-state index in [4.69, 9.17) is 16.3 Å². The van der Waals surface area contributed by atoms with E-state index in [9.17, 15) is 0 Å². The third-order valence-electron chi connectivity index (χ3n) is 2.93. The van der Waals surface area contributed by atoms with Crippen LogP contribution in [0.5, 0.6) is 5.75 Å². The van der Waals surface area contributed by atoms with Crippen LogP contribution in [-0.4, -0.2) is 21.9 Å². The molecule has 3 aromatic rings. The first-order valence-corrected chi connectivity index (χ1v) is 6.48. The van der Waals surface area contributed by atoms with Gasteiger partial charge in [0.05, 0.1) is 12.8 Å². The van der Waals surface area contributed by atoms with Gasteiger partial charge in [-0.3, -0.25) is 0 Å². The van der Waals surface area contributed by atoms with Crippen molar-refractivity contribution < 1.29 is 4.74 Å². The van der Waals surface area contributed by atoms with E-state index in [2.05, 4.69) is 10.1 Å². The monoisotopic (exact) mass is 285 g/mol. The van der Waals surface area contributed by atoms with Crippen LogP contribution in [0.1, 0.15) is 0 Å². The van der Waals surface area contributed by atoms with Crippen molar-refractivity contribution >= 4 is 11.6 Å². The lowest BCUT2D eigenvalue weighted by atomic mass is 10.2. The SMILES string of the molecule is COc1ccc(-c2nc(Cl)nn2-c2ccccc2)cc1. The highest BCUT2D eigenvalue weighted by Gasteiger charge is 2.12. The van der Waals surface area contributed by atoms with Crippen LogP contribution in [0.3, 0.4) is 0 Å². The van der Waals surface area contributed by atoms with Gasteiger partial charge < -0.3 is 4.74 Å². The Morgan fingerprint density at radius 3 is 2.35 bits per heavy atom. The number of aromatic nitrogens is 3. The molecule has 0 N–H and O–H groups in total. The van der Waals surface area contributed by atoms with Gasteiger partial charge in [-0.05, 0) is 48.0 Å². The van der Waals surface area contributed by atoms with Gasteiger partial charge in [-0.1, -0.05) is 18.2 Å². The van der Waals surface area contributed by atoms with Crippen molar-refractivity contribution in [2.24, 2.45) is 0 Å². The van der Waals surface area contributed by atoms with Gasteiger partial charge in [0, 0.05) is 5.56 Å². The summed E-state index contributed by atoms with van der Waals surface area (Å²) in [5.74, 6) is 1.49. The molecule has 4 nitrogen and oxygen atoms in total. The number of methoxy groups -OCH3 is 1. The van der Waals surface area contributed by atoms with Crippen molar-refractivity contribution in [3.05, 3.63) is 59.9 Å². The second kappa shape index (κ2) is 5.35. The number of nitrogens with zero attached hydrogens (tertiary/aromatic N) is 3. The average Bonchev–Trinajstić information content (AvgIpc) is 2.90. The Hall–Kier alpha value is -2.33. The van der Waals surface area contributed by atoms with E-state index in [1.54, 1.807) is 11.8 Å². The zero-order valence-electron chi connectivity index (χ0n) is 10.8. The van der Waals surface area contributed by atoms with E-state index in [-0.39, 0.29) is 5.28 Å². The number of ether oxygens (including phenoxy) is 1. The van der Waals surface area contributed by atoms with Crippen LogP contribution >= 0.6 is 11.6 Å². The first-order chi connectivity index (χ1) is 9.78. The highest BCUT2D eigenvalue weighted by Crippen LogP contribution is 2.24. The van der Waals surface area contributed by atoms with Crippen LogP contribution in [0.25, 0.3) is 17.1 Å². The number of hydrogen-bond acceptors (Lipinski definition) is 3. The van der Waals surface area contributed by atoms with Gasteiger partial charge in [0.25, 0.3) is 0 Å². The van der Waals surface area contributed by atoms with E-state index in [1.807, 2.05) is 54.6 Å². The maximum atomic E-state index is 5.96. The third-order valence-corrected chi connectivity index (χ3v) is 3.09. The fourth-order valence-electron chi connectivity index (χ4n) is 1.96. The zero-order chi connectivity index (χ0) is 13.9. The lowest BCUT2D eigenvalue weighted by Crippen LogP contribution is -1.99. The van der Waals surface area contributed by atoms with Crippen molar-refractivity contribution in [2.75, 3.05) is 7.11 Å². The molecule has 1 heterocycles. The van der Waals surface area contributed by atoms with Gasteiger partial charge in [0.15, 0.2) is 5.82 Å². The summed E-state index contributed by atoms with van der Waals surface area (Å²) in [5.41, 5.74) is 1.84. The standard InChI is InChI=1S/C15H12ClN3O/c1-20-13-9-7-11(8-10-13)14-17-15(16)18-19(14)12-5-3-2-4-6-12/h2-10H,1H3. The molecule has 0 bridgehead atoms. The van der Waals surface area contributed by atoms with Gasteiger partial charge in [0.1, 0.15) is 5.75 Å². The molecule has 2 aromatic carbocycles. The van der Waals surface area contributed by atoms with E-state index in [0.717, 1.165) is 17.0 Å². The van der Waals surface area contributed by atoms with Crippen molar-refractivity contribution in [1.82, 2.24) is 14.8 Å². The Bertz CT molecular complexity index is 708. The molecule has 0 fully saturated rings. The second-order valence-electron chi connectivity index (χ2n) is 4.18. The van der Waals surface area contributed by atoms with Gasteiger partial charge in [-0.15, -0.1) is 5.10 Å². The molecule has 0 spiro atoms. The summed E-state index contributed by atoms with van der Waals surface area (Å²) in [6, 6.07) is 17.4. The van der Waals surface area contributed by atoms with Gasteiger partial charge in [-0.2, -0.15) is 4.98 Å². The fraction of sp³-hybridized carbons (Fsp3) is 0.0667. The molecule has 20 heavy (non-hydrogen) atoms. The largest absolute Gasteiger partial charge is 0.497 e. The Labute approximate surface area is 121 Å². The second-order valence-corrected chi connectivity index (χ2v) is 4.52. The quantitative estimate of drug-likeness (QED) is 0.738. The normalized spacial score (nSPS) is 10.5. The summed E-state index contributed by atoms with van der Waals surface area (Å²) in [7, 11) is 1.64. The molecule has 0 saturated carbocycles. The van der Waals surface area contributed by atoms with Crippen LogP contribution in [0.4, 0.5) is 0 Å². The molecule has 0 unspecified atom stereocenters. The summed E-state index contributed by atoms with van der Waals surface area (Å²) >= 11 is 5.96. The lowest BCUT2D eigenvalue weighted by molar-refractivity contribution is 0.415. The Kier molecular flexibility index (Phi) is 3.39. The van der Waals surface area contributed by atoms with Gasteiger partial charge in [-0.25, -0.2) is 4.68 Å². The number of para-hydroxylation sites is 1. The van der Waals surface area contributed by atoms with E-state index in [1.165, 1.54) is 0 Å². The maximum absolute atomic E-state index is 5.96. The minimum atomic E-state index is 0.222. The first kappa shape index (κ1) is 12.7. The molecule has 0 aliphatic carbocycles. The Morgan fingerprint density at radius 2 is 1.70 bits per heavy atom. The van der Waals surface area contributed by atoms with Crippen LogP contribution < -0.4 is 4.74 Å². The molecule has 0 aliphatic heterocycles. The molecule has 0 radical (unpaired) electrons. The Balaban J connectivity index is 2.09. The summed E-state index contributed by atoms with van der Waals surface area (Å²) in [4.78, 5) is 4.29. The predicted octanol–water partition coefficient (Wildman–Crippen LogP) is 3.60. The molecule has 100 valence electrons. The Morgan fingerprint density at radius 1 is 1.00 bits per heavy atom.